The van der Waals surface area contributed by atoms with Crippen molar-refractivity contribution in [2.24, 2.45) is 5.92 Å². The molecule has 3 rings (SSSR count). The highest BCUT2D eigenvalue weighted by Gasteiger charge is 2.22. The summed E-state index contributed by atoms with van der Waals surface area (Å²) in [6.07, 6.45) is 2.10. The lowest BCUT2D eigenvalue weighted by Crippen LogP contribution is -2.41. The highest BCUT2D eigenvalue weighted by molar-refractivity contribution is 7.12. The van der Waals surface area contributed by atoms with Gasteiger partial charge < -0.3 is 15.0 Å². The number of ether oxygens (including phenoxy) is 1. The Kier molecular flexibility index (Phi) is 6.24. The van der Waals surface area contributed by atoms with E-state index in [4.69, 9.17) is 4.74 Å². The highest BCUT2D eigenvalue weighted by Crippen LogP contribution is 2.17. The third-order valence-corrected chi connectivity index (χ3v) is 5.31. The molecule has 0 spiro atoms. The number of anilines is 1. The first-order valence-corrected chi connectivity index (χ1v) is 9.80. The van der Waals surface area contributed by atoms with Gasteiger partial charge in [-0.2, -0.15) is 0 Å². The molecule has 1 saturated heterocycles. The largest absolute Gasteiger partial charge is 0.452 e. The van der Waals surface area contributed by atoms with Crippen molar-refractivity contribution in [3.05, 3.63) is 52.2 Å². The Balaban J connectivity index is 1.55. The van der Waals surface area contributed by atoms with E-state index in [9.17, 15) is 14.4 Å². The summed E-state index contributed by atoms with van der Waals surface area (Å²) in [7, 11) is 0. The van der Waals surface area contributed by atoms with Crippen molar-refractivity contribution in [1.82, 2.24) is 4.90 Å². The molecule has 1 aliphatic rings. The van der Waals surface area contributed by atoms with Crippen molar-refractivity contribution in [3.63, 3.8) is 0 Å². The normalized spacial score (nSPS) is 16.6. The molecule has 1 N–H and O–H groups in total. The number of nitrogens with zero attached hydrogens (tertiary/aromatic N) is 1. The van der Waals surface area contributed by atoms with Crippen LogP contribution in [0, 0.1) is 5.92 Å². The second-order valence-electron chi connectivity index (χ2n) is 6.68. The zero-order chi connectivity index (χ0) is 19.2. The van der Waals surface area contributed by atoms with Crippen LogP contribution in [0.25, 0.3) is 0 Å². The molecular formula is C20H22N2O4S. The molecular weight excluding hydrogens is 364 g/mol. The van der Waals surface area contributed by atoms with Gasteiger partial charge in [0.15, 0.2) is 6.61 Å². The molecule has 0 aliphatic carbocycles. The minimum atomic E-state index is -0.583. The molecule has 0 bridgehead atoms. The van der Waals surface area contributed by atoms with Crippen molar-refractivity contribution < 1.29 is 19.1 Å². The maximum Gasteiger partial charge on any atom is 0.338 e. The third kappa shape index (κ3) is 5.17. The van der Waals surface area contributed by atoms with Crippen molar-refractivity contribution in [2.45, 2.75) is 19.8 Å². The quantitative estimate of drug-likeness (QED) is 0.799. The zero-order valence-electron chi connectivity index (χ0n) is 15.1. The van der Waals surface area contributed by atoms with Gasteiger partial charge in [-0.15, -0.1) is 11.3 Å². The average molecular weight is 386 g/mol. The van der Waals surface area contributed by atoms with Crippen LogP contribution in [0.5, 0.6) is 0 Å². The number of carbonyl (C=O) groups is 3. The fraction of sp³-hybridized carbons (Fsp3) is 0.350. The number of benzene rings is 1. The number of carbonyl (C=O) groups excluding carboxylic acids is 3. The molecule has 2 heterocycles. The van der Waals surface area contributed by atoms with Gasteiger partial charge in [0.05, 0.1) is 10.4 Å². The number of amides is 2. The number of thiophene rings is 1. The fourth-order valence-corrected chi connectivity index (χ4v) is 3.66. The summed E-state index contributed by atoms with van der Waals surface area (Å²) >= 11 is 1.34. The monoisotopic (exact) mass is 386 g/mol. The summed E-state index contributed by atoms with van der Waals surface area (Å²) in [6, 6.07) is 10.0. The van der Waals surface area contributed by atoms with Crippen LogP contribution >= 0.6 is 11.3 Å². The van der Waals surface area contributed by atoms with Crippen molar-refractivity contribution >= 4 is 34.8 Å². The number of hydrogen-bond acceptors (Lipinski definition) is 5. The minimum Gasteiger partial charge on any atom is -0.452 e. The second-order valence-corrected chi connectivity index (χ2v) is 7.62. The third-order valence-electron chi connectivity index (χ3n) is 4.44. The Morgan fingerprint density at radius 3 is 2.85 bits per heavy atom. The molecule has 0 saturated carbocycles. The Morgan fingerprint density at radius 1 is 1.26 bits per heavy atom. The molecule has 0 unspecified atom stereocenters. The summed E-state index contributed by atoms with van der Waals surface area (Å²) in [5.41, 5.74) is 0.790. The smallest absolute Gasteiger partial charge is 0.338 e. The highest BCUT2D eigenvalue weighted by atomic mass is 32.1. The van der Waals surface area contributed by atoms with Crippen LogP contribution in [0.15, 0.2) is 41.8 Å². The van der Waals surface area contributed by atoms with E-state index >= 15 is 0 Å². The van der Waals surface area contributed by atoms with Crippen molar-refractivity contribution in [1.29, 1.82) is 0 Å². The molecule has 2 amide bonds. The van der Waals surface area contributed by atoms with Crippen LogP contribution in [-0.4, -0.2) is 42.4 Å². The standard InChI is InChI=1S/C20H22N2O4S/c1-14-5-3-9-22(12-14)18(23)13-26-20(25)15-6-2-7-16(11-15)21-19(24)17-8-4-10-27-17/h2,4,6-8,10-11,14H,3,5,9,12-13H2,1H3,(H,21,24)/t14-/m1/s1. The molecule has 1 fully saturated rings. The number of likely N-dealkylation sites (tertiary alicyclic amines) is 1. The van der Waals surface area contributed by atoms with E-state index in [2.05, 4.69) is 12.2 Å². The molecule has 1 aliphatic heterocycles. The number of rotatable bonds is 5. The second kappa shape index (κ2) is 8.81. The van der Waals surface area contributed by atoms with Crippen LogP contribution < -0.4 is 5.32 Å². The van der Waals surface area contributed by atoms with Crippen molar-refractivity contribution in [2.75, 3.05) is 25.0 Å². The van der Waals surface area contributed by atoms with Gasteiger partial charge in [-0.1, -0.05) is 19.1 Å². The Labute approximate surface area is 162 Å². The van der Waals surface area contributed by atoms with Crippen LogP contribution in [0.4, 0.5) is 5.69 Å². The van der Waals surface area contributed by atoms with Gasteiger partial charge in [0.1, 0.15) is 0 Å². The maximum atomic E-state index is 12.3. The topological polar surface area (TPSA) is 75.7 Å². The van der Waals surface area contributed by atoms with Gasteiger partial charge in [-0.3, -0.25) is 9.59 Å². The van der Waals surface area contributed by atoms with Gasteiger partial charge in [0.2, 0.25) is 0 Å². The van der Waals surface area contributed by atoms with E-state index in [1.54, 1.807) is 41.3 Å². The molecule has 1 atom stereocenters. The summed E-state index contributed by atoms with van der Waals surface area (Å²) in [5.74, 6) is -0.510. The Morgan fingerprint density at radius 2 is 2.11 bits per heavy atom. The first kappa shape index (κ1) is 19.1. The SMILES string of the molecule is C[C@@H]1CCCN(C(=O)COC(=O)c2cccc(NC(=O)c3cccs3)c2)C1. The molecule has 142 valence electrons. The predicted molar refractivity (Wildman–Crippen MR) is 104 cm³/mol. The number of piperidine rings is 1. The van der Waals surface area contributed by atoms with Gasteiger partial charge in [-0.25, -0.2) is 4.79 Å². The van der Waals surface area contributed by atoms with Gasteiger partial charge in [-0.05, 0) is 48.4 Å². The molecule has 0 radical (unpaired) electrons. The average Bonchev–Trinajstić information content (AvgIpc) is 3.21. The molecule has 2 aromatic rings. The molecule has 1 aromatic heterocycles. The summed E-state index contributed by atoms with van der Waals surface area (Å²) in [6.45, 7) is 3.27. The van der Waals surface area contributed by atoms with Gasteiger partial charge in [0.25, 0.3) is 11.8 Å². The number of hydrogen-bond donors (Lipinski definition) is 1. The van der Waals surface area contributed by atoms with Crippen LogP contribution in [0.3, 0.4) is 0 Å². The lowest BCUT2D eigenvalue weighted by Gasteiger charge is -2.30. The Hall–Kier alpha value is -2.67. The first-order chi connectivity index (χ1) is 13.0. The lowest BCUT2D eigenvalue weighted by molar-refractivity contribution is -0.136. The summed E-state index contributed by atoms with van der Waals surface area (Å²) in [4.78, 5) is 38.9. The number of esters is 1. The minimum absolute atomic E-state index is 0.169. The van der Waals surface area contributed by atoms with E-state index in [0.29, 0.717) is 35.1 Å². The van der Waals surface area contributed by atoms with Crippen LogP contribution in [0.2, 0.25) is 0 Å². The van der Waals surface area contributed by atoms with E-state index in [-0.39, 0.29) is 18.4 Å². The van der Waals surface area contributed by atoms with Crippen LogP contribution in [0.1, 0.15) is 39.8 Å². The number of nitrogens with one attached hydrogen (secondary N) is 1. The molecule has 7 heteroatoms. The van der Waals surface area contributed by atoms with E-state index in [1.165, 1.54) is 11.3 Å². The van der Waals surface area contributed by atoms with Crippen molar-refractivity contribution in [3.8, 4) is 0 Å². The summed E-state index contributed by atoms with van der Waals surface area (Å²) < 4.78 is 5.17. The Bertz CT molecular complexity index is 819. The van der Waals surface area contributed by atoms with E-state index < -0.39 is 5.97 Å². The maximum absolute atomic E-state index is 12.3. The zero-order valence-corrected chi connectivity index (χ0v) is 16.0. The lowest BCUT2D eigenvalue weighted by atomic mass is 10.0. The van der Waals surface area contributed by atoms with E-state index in [0.717, 1.165) is 12.8 Å². The predicted octanol–water partition coefficient (Wildman–Crippen LogP) is 3.42. The summed E-state index contributed by atoms with van der Waals surface area (Å²) in [5, 5.41) is 4.57. The van der Waals surface area contributed by atoms with Gasteiger partial charge in [0, 0.05) is 18.8 Å². The van der Waals surface area contributed by atoms with E-state index in [1.807, 2.05) is 5.38 Å². The molecule has 27 heavy (non-hydrogen) atoms. The fourth-order valence-electron chi connectivity index (χ4n) is 3.04. The first-order valence-electron chi connectivity index (χ1n) is 8.93. The molecule has 6 nitrogen and oxygen atoms in total. The van der Waals surface area contributed by atoms with Gasteiger partial charge >= 0.3 is 5.97 Å². The van der Waals surface area contributed by atoms with Crippen LogP contribution in [-0.2, 0) is 9.53 Å². The molecule has 1 aromatic carbocycles.